The van der Waals surface area contributed by atoms with E-state index in [2.05, 4.69) is 5.32 Å². The maximum absolute atomic E-state index is 11.6. The van der Waals surface area contributed by atoms with Gasteiger partial charge in [-0.15, -0.1) is 0 Å². The summed E-state index contributed by atoms with van der Waals surface area (Å²) in [5.41, 5.74) is 10.1. The normalized spacial score (nSPS) is 21.6. The van der Waals surface area contributed by atoms with E-state index in [-0.39, 0.29) is 5.91 Å². The maximum Gasteiger partial charge on any atom is 0.240 e. The van der Waals surface area contributed by atoms with Gasteiger partial charge in [-0.05, 0) is 19.8 Å². The van der Waals surface area contributed by atoms with E-state index >= 15 is 0 Å². The predicted octanol–water partition coefficient (Wildman–Crippen LogP) is -0.752. The number of carbonyl (C=O) groups is 2. The van der Waals surface area contributed by atoms with Crippen LogP contribution < -0.4 is 16.8 Å². The maximum atomic E-state index is 11.6. The zero-order chi connectivity index (χ0) is 10.8. The van der Waals surface area contributed by atoms with Crippen LogP contribution in [0.3, 0.4) is 0 Å². The Hall–Kier alpha value is -1.10. The van der Waals surface area contributed by atoms with E-state index in [9.17, 15) is 9.59 Å². The van der Waals surface area contributed by atoms with Gasteiger partial charge in [0.2, 0.25) is 11.8 Å². The molecule has 1 saturated carbocycles. The molecule has 2 amide bonds. The van der Waals surface area contributed by atoms with Crippen molar-refractivity contribution < 1.29 is 9.59 Å². The van der Waals surface area contributed by atoms with Crippen LogP contribution in [0.4, 0.5) is 0 Å². The molecule has 5 nitrogen and oxygen atoms in total. The molecule has 0 aliphatic heterocycles. The van der Waals surface area contributed by atoms with Crippen molar-refractivity contribution in [2.45, 2.75) is 44.2 Å². The van der Waals surface area contributed by atoms with Gasteiger partial charge in [0.25, 0.3) is 0 Å². The summed E-state index contributed by atoms with van der Waals surface area (Å²) in [6.45, 7) is 1.55. The van der Waals surface area contributed by atoms with Crippen molar-refractivity contribution in [1.82, 2.24) is 5.32 Å². The first-order valence-corrected chi connectivity index (χ1v) is 4.85. The van der Waals surface area contributed by atoms with E-state index in [0.717, 1.165) is 12.8 Å². The Balaban J connectivity index is 2.53. The summed E-state index contributed by atoms with van der Waals surface area (Å²) >= 11 is 0. The standard InChI is InChI=1S/C9H17N3O2/c1-6(7(10)13)12-8(14)9(11)4-2-3-5-9/h6H,2-5,11H2,1H3,(H2,10,13)(H,12,14)/t6-/m0/s1. The van der Waals surface area contributed by atoms with Crippen molar-refractivity contribution in [2.75, 3.05) is 0 Å². The third-order valence-corrected chi connectivity index (χ3v) is 2.72. The molecule has 0 saturated heterocycles. The molecule has 0 aromatic rings. The smallest absolute Gasteiger partial charge is 0.240 e. The van der Waals surface area contributed by atoms with E-state index < -0.39 is 17.5 Å². The molecule has 0 unspecified atom stereocenters. The molecular formula is C9H17N3O2. The molecule has 14 heavy (non-hydrogen) atoms. The van der Waals surface area contributed by atoms with Gasteiger partial charge in [-0.2, -0.15) is 0 Å². The Morgan fingerprint density at radius 2 is 1.86 bits per heavy atom. The van der Waals surface area contributed by atoms with Crippen molar-refractivity contribution >= 4 is 11.8 Å². The summed E-state index contributed by atoms with van der Waals surface area (Å²) in [6.07, 6.45) is 3.30. The molecule has 0 heterocycles. The van der Waals surface area contributed by atoms with Gasteiger partial charge in [-0.25, -0.2) is 0 Å². The summed E-state index contributed by atoms with van der Waals surface area (Å²) in [6, 6.07) is -0.650. The van der Waals surface area contributed by atoms with Gasteiger partial charge in [0.05, 0.1) is 5.54 Å². The molecule has 1 rings (SSSR count). The van der Waals surface area contributed by atoms with Gasteiger partial charge in [0, 0.05) is 0 Å². The molecule has 80 valence electrons. The quantitative estimate of drug-likeness (QED) is 0.557. The lowest BCUT2D eigenvalue weighted by Crippen LogP contribution is -2.56. The highest BCUT2D eigenvalue weighted by atomic mass is 16.2. The van der Waals surface area contributed by atoms with E-state index in [1.165, 1.54) is 0 Å². The summed E-state index contributed by atoms with van der Waals surface area (Å²) in [4.78, 5) is 22.4. The van der Waals surface area contributed by atoms with Crippen LogP contribution >= 0.6 is 0 Å². The highest BCUT2D eigenvalue weighted by Crippen LogP contribution is 2.27. The van der Waals surface area contributed by atoms with Crippen LogP contribution in [0.5, 0.6) is 0 Å². The van der Waals surface area contributed by atoms with Crippen molar-refractivity contribution in [1.29, 1.82) is 0 Å². The second-order valence-corrected chi connectivity index (χ2v) is 3.96. The van der Waals surface area contributed by atoms with Crippen LogP contribution in [0.2, 0.25) is 0 Å². The zero-order valence-corrected chi connectivity index (χ0v) is 8.38. The SMILES string of the molecule is C[C@H](NC(=O)C1(N)CCCC1)C(N)=O. The first-order chi connectivity index (χ1) is 6.46. The fourth-order valence-electron chi connectivity index (χ4n) is 1.64. The Bertz CT molecular complexity index is 246. The van der Waals surface area contributed by atoms with Gasteiger partial charge in [0.15, 0.2) is 0 Å². The topological polar surface area (TPSA) is 98.2 Å². The fraction of sp³-hybridized carbons (Fsp3) is 0.778. The molecule has 0 radical (unpaired) electrons. The lowest BCUT2D eigenvalue weighted by molar-refractivity contribution is -0.130. The molecule has 1 aliphatic carbocycles. The van der Waals surface area contributed by atoms with E-state index in [1.807, 2.05) is 0 Å². The summed E-state index contributed by atoms with van der Waals surface area (Å²) in [7, 11) is 0. The highest BCUT2D eigenvalue weighted by Gasteiger charge is 2.37. The van der Waals surface area contributed by atoms with Crippen LogP contribution in [-0.4, -0.2) is 23.4 Å². The minimum atomic E-state index is -0.788. The van der Waals surface area contributed by atoms with Crippen molar-refractivity contribution in [3.05, 3.63) is 0 Å². The molecule has 0 aromatic heterocycles. The zero-order valence-electron chi connectivity index (χ0n) is 8.38. The first kappa shape index (κ1) is 11.0. The van der Waals surface area contributed by atoms with Crippen LogP contribution in [0.15, 0.2) is 0 Å². The Kier molecular flexibility index (Phi) is 3.10. The van der Waals surface area contributed by atoms with Crippen molar-refractivity contribution in [2.24, 2.45) is 11.5 Å². The molecule has 1 atom stereocenters. The molecule has 5 N–H and O–H groups in total. The number of carbonyl (C=O) groups excluding carboxylic acids is 2. The summed E-state index contributed by atoms with van der Waals surface area (Å²) in [5.74, 6) is -0.804. The number of nitrogens with two attached hydrogens (primary N) is 2. The first-order valence-electron chi connectivity index (χ1n) is 4.85. The molecule has 1 fully saturated rings. The lowest BCUT2D eigenvalue weighted by atomic mass is 9.98. The number of primary amides is 1. The molecule has 0 aromatic carbocycles. The summed E-state index contributed by atoms with van der Waals surface area (Å²) < 4.78 is 0. The van der Waals surface area contributed by atoms with E-state index in [0.29, 0.717) is 12.8 Å². The minimum absolute atomic E-state index is 0.263. The largest absolute Gasteiger partial charge is 0.368 e. The third kappa shape index (κ3) is 2.23. The van der Waals surface area contributed by atoms with Crippen LogP contribution in [0, 0.1) is 0 Å². The second-order valence-electron chi connectivity index (χ2n) is 3.96. The van der Waals surface area contributed by atoms with Gasteiger partial charge in [-0.1, -0.05) is 12.8 Å². The highest BCUT2D eigenvalue weighted by molar-refractivity contribution is 5.91. The van der Waals surface area contributed by atoms with Gasteiger partial charge >= 0.3 is 0 Å². The number of nitrogens with one attached hydrogen (secondary N) is 1. The second kappa shape index (κ2) is 3.96. The van der Waals surface area contributed by atoms with Gasteiger partial charge in [-0.3, -0.25) is 9.59 Å². The number of amides is 2. The van der Waals surface area contributed by atoms with Gasteiger partial charge in [0.1, 0.15) is 6.04 Å². The molecule has 0 spiro atoms. The number of rotatable bonds is 3. The molecule has 0 bridgehead atoms. The van der Waals surface area contributed by atoms with Crippen LogP contribution in [0.1, 0.15) is 32.6 Å². The van der Waals surface area contributed by atoms with Crippen LogP contribution in [-0.2, 0) is 9.59 Å². The number of hydrogen-bond acceptors (Lipinski definition) is 3. The monoisotopic (exact) mass is 199 g/mol. The Morgan fingerprint density at radius 1 is 1.36 bits per heavy atom. The van der Waals surface area contributed by atoms with Crippen molar-refractivity contribution in [3.63, 3.8) is 0 Å². The number of hydrogen-bond donors (Lipinski definition) is 3. The average Bonchev–Trinajstić information content (AvgIpc) is 2.53. The Morgan fingerprint density at radius 3 is 2.29 bits per heavy atom. The fourth-order valence-corrected chi connectivity index (χ4v) is 1.64. The third-order valence-electron chi connectivity index (χ3n) is 2.72. The van der Waals surface area contributed by atoms with Crippen molar-refractivity contribution in [3.8, 4) is 0 Å². The van der Waals surface area contributed by atoms with Gasteiger partial charge < -0.3 is 16.8 Å². The van der Waals surface area contributed by atoms with E-state index in [4.69, 9.17) is 11.5 Å². The molecular weight excluding hydrogens is 182 g/mol. The Labute approximate surface area is 83.2 Å². The lowest BCUT2D eigenvalue weighted by Gasteiger charge is -2.23. The van der Waals surface area contributed by atoms with E-state index in [1.54, 1.807) is 6.92 Å². The predicted molar refractivity (Wildman–Crippen MR) is 52.2 cm³/mol. The average molecular weight is 199 g/mol. The molecule has 5 heteroatoms. The summed E-state index contributed by atoms with van der Waals surface area (Å²) in [5, 5.41) is 2.52. The molecule has 1 aliphatic rings. The minimum Gasteiger partial charge on any atom is -0.368 e. The van der Waals surface area contributed by atoms with Crippen LogP contribution in [0.25, 0.3) is 0 Å².